The molecule has 1 fully saturated rings. The number of hydrogen-bond acceptors (Lipinski definition) is 3. The summed E-state index contributed by atoms with van der Waals surface area (Å²) in [6.07, 6.45) is 2.02. The summed E-state index contributed by atoms with van der Waals surface area (Å²) in [5.41, 5.74) is 1.43. The van der Waals surface area contributed by atoms with Gasteiger partial charge in [0.2, 0.25) is 11.8 Å². The van der Waals surface area contributed by atoms with Crippen LogP contribution in [0.1, 0.15) is 19.4 Å². The maximum atomic E-state index is 12.6. The Bertz CT molecular complexity index is 740. The zero-order chi connectivity index (χ0) is 15.7. The molecule has 1 aromatic carbocycles. The lowest BCUT2D eigenvalue weighted by atomic mass is 9.98. The minimum atomic E-state index is -0.361. The van der Waals surface area contributed by atoms with E-state index in [0.717, 1.165) is 16.5 Å². The number of nitrogens with zero attached hydrogens (tertiary/aromatic N) is 2. The van der Waals surface area contributed by atoms with Gasteiger partial charge in [-0.25, -0.2) is 0 Å². The summed E-state index contributed by atoms with van der Waals surface area (Å²) < 4.78 is 0. The molecule has 1 aliphatic heterocycles. The lowest BCUT2D eigenvalue weighted by Crippen LogP contribution is -2.62. The third-order valence-electron chi connectivity index (χ3n) is 4.08. The van der Waals surface area contributed by atoms with Gasteiger partial charge in [-0.3, -0.25) is 14.6 Å². The zero-order valence-corrected chi connectivity index (χ0v) is 12.8. The highest BCUT2D eigenvalue weighted by atomic mass is 16.2. The smallest absolute Gasteiger partial charge is 0.239 e. The maximum Gasteiger partial charge on any atom is 0.239 e. The second-order valence-electron chi connectivity index (χ2n) is 6.28. The SMILES string of the molecule is CC1(C)CNC(=O)CN1C(=O)Cc1ccc2cccnc2c1. The minimum Gasteiger partial charge on any atom is -0.352 e. The molecular weight excluding hydrogens is 278 g/mol. The number of rotatable bonds is 2. The number of carbonyl (C=O) groups is 2. The van der Waals surface area contributed by atoms with Crippen LogP contribution < -0.4 is 5.32 Å². The summed E-state index contributed by atoms with van der Waals surface area (Å²) in [5, 5.41) is 3.85. The van der Waals surface area contributed by atoms with E-state index in [1.807, 2.05) is 44.2 Å². The van der Waals surface area contributed by atoms with E-state index in [1.165, 1.54) is 0 Å². The number of hydrogen-bond donors (Lipinski definition) is 1. The van der Waals surface area contributed by atoms with Gasteiger partial charge in [-0.15, -0.1) is 0 Å². The second kappa shape index (κ2) is 5.40. The molecule has 2 aromatic rings. The lowest BCUT2D eigenvalue weighted by Gasteiger charge is -2.42. The van der Waals surface area contributed by atoms with Crippen molar-refractivity contribution in [2.75, 3.05) is 13.1 Å². The molecule has 0 atom stereocenters. The third-order valence-corrected chi connectivity index (χ3v) is 4.08. The van der Waals surface area contributed by atoms with E-state index >= 15 is 0 Å². The van der Waals surface area contributed by atoms with Crippen molar-refractivity contribution in [3.63, 3.8) is 0 Å². The van der Waals surface area contributed by atoms with Crippen LogP contribution in [0, 0.1) is 0 Å². The topological polar surface area (TPSA) is 62.3 Å². The van der Waals surface area contributed by atoms with Crippen molar-refractivity contribution in [1.82, 2.24) is 15.2 Å². The van der Waals surface area contributed by atoms with Gasteiger partial charge in [0.1, 0.15) is 6.54 Å². The molecule has 114 valence electrons. The molecule has 22 heavy (non-hydrogen) atoms. The molecule has 0 aliphatic carbocycles. The first-order chi connectivity index (χ1) is 10.5. The average molecular weight is 297 g/mol. The Balaban J connectivity index is 1.81. The van der Waals surface area contributed by atoms with Gasteiger partial charge >= 0.3 is 0 Å². The Morgan fingerprint density at radius 1 is 1.36 bits per heavy atom. The minimum absolute atomic E-state index is 0.0323. The number of nitrogens with one attached hydrogen (secondary N) is 1. The van der Waals surface area contributed by atoms with E-state index in [2.05, 4.69) is 10.3 Å². The van der Waals surface area contributed by atoms with Crippen molar-refractivity contribution in [2.45, 2.75) is 25.8 Å². The Labute approximate surface area is 129 Å². The van der Waals surface area contributed by atoms with Crippen LogP contribution in [0.15, 0.2) is 36.5 Å². The Kier molecular flexibility index (Phi) is 3.56. The van der Waals surface area contributed by atoms with Crippen molar-refractivity contribution >= 4 is 22.7 Å². The van der Waals surface area contributed by atoms with Gasteiger partial charge in [-0.05, 0) is 31.5 Å². The Morgan fingerprint density at radius 2 is 2.18 bits per heavy atom. The molecule has 2 amide bonds. The van der Waals surface area contributed by atoms with Crippen molar-refractivity contribution in [3.05, 3.63) is 42.1 Å². The maximum absolute atomic E-state index is 12.6. The molecule has 3 rings (SSSR count). The summed E-state index contributed by atoms with van der Waals surface area (Å²) in [4.78, 5) is 30.1. The van der Waals surface area contributed by atoms with Gasteiger partial charge in [0, 0.05) is 18.1 Å². The van der Waals surface area contributed by atoms with Crippen molar-refractivity contribution in [3.8, 4) is 0 Å². The van der Waals surface area contributed by atoms with Crippen molar-refractivity contribution in [2.24, 2.45) is 0 Å². The molecule has 1 aliphatic rings. The van der Waals surface area contributed by atoms with E-state index in [4.69, 9.17) is 0 Å². The predicted octanol–water partition coefficient (Wildman–Crippen LogP) is 1.51. The van der Waals surface area contributed by atoms with E-state index < -0.39 is 0 Å². The standard InChI is InChI=1S/C17H19N3O2/c1-17(2)11-19-15(21)10-20(17)16(22)9-12-5-6-13-4-3-7-18-14(13)8-12/h3-8H,9-11H2,1-2H3,(H,19,21). The largest absolute Gasteiger partial charge is 0.352 e. The summed E-state index contributed by atoms with van der Waals surface area (Å²) in [6, 6.07) is 9.73. The van der Waals surface area contributed by atoms with Crippen LogP contribution in [0.25, 0.3) is 10.9 Å². The van der Waals surface area contributed by atoms with Crippen LogP contribution in [0.2, 0.25) is 0 Å². The normalized spacial score (nSPS) is 17.4. The fraction of sp³-hybridized carbons (Fsp3) is 0.353. The fourth-order valence-electron chi connectivity index (χ4n) is 2.74. The Hall–Kier alpha value is -2.43. The number of fused-ring (bicyclic) bond motifs is 1. The first-order valence-electron chi connectivity index (χ1n) is 7.36. The molecule has 5 heteroatoms. The van der Waals surface area contributed by atoms with E-state index in [-0.39, 0.29) is 30.3 Å². The summed E-state index contributed by atoms with van der Waals surface area (Å²) >= 11 is 0. The van der Waals surface area contributed by atoms with Gasteiger partial charge in [0.05, 0.1) is 17.5 Å². The molecule has 5 nitrogen and oxygen atoms in total. The van der Waals surface area contributed by atoms with Crippen LogP contribution in [0.3, 0.4) is 0 Å². The van der Waals surface area contributed by atoms with E-state index in [1.54, 1.807) is 11.1 Å². The quantitative estimate of drug-likeness (QED) is 0.914. The van der Waals surface area contributed by atoms with Gasteiger partial charge in [0.15, 0.2) is 0 Å². The molecule has 2 heterocycles. The zero-order valence-electron chi connectivity index (χ0n) is 12.8. The highest BCUT2D eigenvalue weighted by molar-refractivity contribution is 5.88. The average Bonchev–Trinajstić information content (AvgIpc) is 2.49. The monoisotopic (exact) mass is 297 g/mol. The third kappa shape index (κ3) is 2.79. The molecule has 1 aromatic heterocycles. The van der Waals surface area contributed by atoms with Crippen molar-refractivity contribution in [1.29, 1.82) is 0 Å². The molecule has 0 unspecified atom stereocenters. The molecular formula is C17H19N3O2. The first kappa shape index (κ1) is 14.5. The molecule has 1 N–H and O–H groups in total. The van der Waals surface area contributed by atoms with E-state index in [9.17, 15) is 9.59 Å². The molecule has 0 bridgehead atoms. The van der Waals surface area contributed by atoms with Gasteiger partial charge in [-0.2, -0.15) is 0 Å². The molecule has 0 saturated carbocycles. The van der Waals surface area contributed by atoms with Crippen LogP contribution in [-0.4, -0.2) is 40.3 Å². The lowest BCUT2D eigenvalue weighted by molar-refractivity contribution is -0.144. The van der Waals surface area contributed by atoms with Crippen LogP contribution in [-0.2, 0) is 16.0 Å². The van der Waals surface area contributed by atoms with Crippen LogP contribution in [0.4, 0.5) is 0 Å². The number of benzene rings is 1. The van der Waals surface area contributed by atoms with Crippen LogP contribution >= 0.6 is 0 Å². The summed E-state index contributed by atoms with van der Waals surface area (Å²) in [7, 11) is 0. The van der Waals surface area contributed by atoms with E-state index in [0.29, 0.717) is 6.54 Å². The molecule has 0 radical (unpaired) electrons. The highest BCUT2D eigenvalue weighted by Crippen LogP contribution is 2.19. The molecule has 0 spiro atoms. The number of pyridine rings is 1. The first-order valence-corrected chi connectivity index (χ1v) is 7.36. The number of aromatic nitrogens is 1. The van der Waals surface area contributed by atoms with Gasteiger partial charge in [0.25, 0.3) is 0 Å². The predicted molar refractivity (Wildman–Crippen MR) is 84.2 cm³/mol. The summed E-state index contributed by atoms with van der Waals surface area (Å²) in [6.45, 7) is 4.53. The number of carbonyl (C=O) groups excluding carboxylic acids is 2. The Morgan fingerprint density at radius 3 is 3.00 bits per heavy atom. The van der Waals surface area contributed by atoms with Crippen LogP contribution in [0.5, 0.6) is 0 Å². The fourth-order valence-corrected chi connectivity index (χ4v) is 2.74. The van der Waals surface area contributed by atoms with Gasteiger partial charge in [-0.1, -0.05) is 18.2 Å². The summed E-state index contributed by atoms with van der Waals surface area (Å²) in [5.74, 6) is -0.136. The number of piperazine rings is 1. The van der Waals surface area contributed by atoms with Crippen molar-refractivity contribution < 1.29 is 9.59 Å². The second-order valence-corrected chi connectivity index (χ2v) is 6.28. The number of amides is 2. The van der Waals surface area contributed by atoms with Gasteiger partial charge < -0.3 is 10.2 Å². The highest BCUT2D eigenvalue weighted by Gasteiger charge is 2.36. The molecule has 1 saturated heterocycles.